The highest BCUT2D eigenvalue weighted by Crippen LogP contribution is 2.38. The summed E-state index contributed by atoms with van der Waals surface area (Å²) in [7, 11) is 2.85. The molecule has 0 bridgehead atoms. The second kappa shape index (κ2) is 16.7. The molecule has 1 heterocycles. The summed E-state index contributed by atoms with van der Waals surface area (Å²) in [6, 6.07) is 8.73. The molecule has 1 amide bonds. The Bertz CT molecular complexity index is 1440. The van der Waals surface area contributed by atoms with Gasteiger partial charge >= 0.3 is 17.9 Å². The van der Waals surface area contributed by atoms with E-state index in [1.54, 1.807) is 44.2 Å². The van der Waals surface area contributed by atoms with Crippen molar-refractivity contribution in [3.05, 3.63) is 60.2 Å². The molecule has 1 saturated heterocycles. The van der Waals surface area contributed by atoms with Crippen LogP contribution in [0.5, 0.6) is 23.0 Å². The lowest BCUT2D eigenvalue weighted by atomic mass is 9.85. The van der Waals surface area contributed by atoms with Crippen LogP contribution in [0.2, 0.25) is 0 Å². The maximum absolute atomic E-state index is 13.8. The molecule has 0 radical (unpaired) electrons. The Morgan fingerprint density at radius 1 is 1.11 bits per heavy atom. The molecule has 3 N–H and O–H groups in total. The van der Waals surface area contributed by atoms with Crippen molar-refractivity contribution < 1.29 is 58.2 Å². The number of aromatic hydroxyl groups is 1. The third-order valence-electron chi connectivity index (χ3n) is 7.85. The number of amides is 1. The topological polar surface area (TPSA) is 178 Å². The molecule has 2 aromatic rings. The molecule has 3 atom stereocenters. The minimum absolute atomic E-state index is 0.128. The lowest BCUT2D eigenvalue weighted by Gasteiger charge is -2.39. The molecule has 1 aliphatic heterocycles. The van der Waals surface area contributed by atoms with Crippen molar-refractivity contribution in [1.82, 2.24) is 4.90 Å². The number of carbonyl (C=O) groups excluding carboxylic acids is 3. The molecule has 0 spiro atoms. The first-order valence-electron chi connectivity index (χ1n) is 15.2. The molecule has 13 heteroatoms. The molecule has 47 heavy (non-hydrogen) atoms. The third kappa shape index (κ3) is 9.85. The molecule has 1 aliphatic rings. The summed E-state index contributed by atoms with van der Waals surface area (Å²) in [6.45, 7) is 5.89. The first kappa shape index (κ1) is 36.7. The van der Waals surface area contributed by atoms with Crippen LogP contribution in [0.15, 0.2) is 49.1 Å². The van der Waals surface area contributed by atoms with Gasteiger partial charge in [-0.05, 0) is 67.5 Å². The van der Waals surface area contributed by atoms with Crippen molar-refractivity contribution in [2.45, 2.75) is 64.2 Å². The molecular weight excluding hydrogens is 614 g/mol. The second-order valence-electron chi connectivity index (χ2n) is 11.8. The number of aryl methyl sites for hydroxylation is 1. The number of methoxy groups -OCH3 is 2. The van der Waals surface area contributed by atoms with E-state index in [-0.39, 0.29) is 36.8 Å². The van der Waals surface area contributed by atoms with Crippen LogP contribution >= 0.6 is 0 Å². The standard InChI is InChI=1S/C34H43NO12/c1-6-29(39)46-20-34(2,3)31(40)32(41)35-15-8-7-12-24(35)33(42)47-26(22-10-9-11-23(18-22)45-19-28(37)38)14-13-21-16-25(36)30(44-5)27(17-21)43-4/h6,9-11,16-18,24,26,31,36,40H,1,7-8,12-15,19-20H2,2-5H3,(H,37,38)/t24-,26+,31?/m0/s1. The highest BCUT2D eigenvalue weighted by Gasteiger charge is 2.42. The smallest absolute Gasteiger partial charge is 0.341 e. The number of carboxylic acids is 1. The Morgan fingerprint density at radius 3 is 2.51 bits per heavy atom. The number of rotatable bonds is 16. The lowest BCUT2D eigenvalue weighted by Crippen LogP contribution is -2.55. The lowest BCUT2D eigenvalue weighted by molar-refractivity contribution is -0.168. The fourth-order valence-electron chi connectivity index (χ4n) is 5.23. The quantitative estimate of drug-likeness (QED) is 0.177. The first-order chi connectivity index (χ1) is 22.3. The Kier molecular flexibility index (Phi) is 13.0. The summed E-state index contributed by atoms with van der Waals surface area (Å²) >= 11 is 0. The Labute approximate surface area is 273 Å². The molecule has 13 nitrogen and oxygen atoms in total. The third-order valence-corrected chi connectivity index (χ3v) is 7.85. The van der Waals surface area contributed by atoms with E-state index < -0.39 is 54.1 Å². The number of phenolic OH excluding ortho intramolecular Hbond substituents is 1. The zero-order valence-corrected chi connectivity index (χ0v) is 27.1. The number of aliphatic hydroxyl groups excluding tert-OH is 1. The molecule has 0 saturated carbocycles. The number of piperidine rings is 1. The summed E-state index contributed by atoms with van der Waals surface area (Å²) in [6.07, 6.45) is 0.649. The van der Waals surface area contributed by atoms with Crippen LogP contribution in [-0.4, -0.2) is 90.2 Å². The highest BCUT2D eigenvalue weighted by atomic mass is 16.5. The molecule has 2 aromatic carbocycles. The van der Waals surface area contributed by atoms with Crippen LogP contribution in [0.25, 0.3) is 0 Å². The Hall–Kier alpha value is -4.78. The number of hydrogen-bond donors (Lipinski definition) is 3. The van der Waals surface area contributed by atoms with E-state index in [9.17, 15) is 29.4 Å². The van der Waals surface area contributed by atoms with E-state index in [0.29, 0.717) is 42.6 Å². The van der Waals surface area contributed by atoms with Crippen molar-refractivity contribution in [1.29, 1.82) is 0 Å². The van der Waals surface area contributed by atoms with Gasteiger partial charge in [-0.15, -0.1) is 0 Å². The maximum Gasteiger partial charge on any atom is 0.341 e. The predicted octanol–water partition coefficient (Wildman–Crippen LogP) is 3.59. The van der Waals surface area contributed by atoms with Crippen LogP contribution in [0.1, 0.15) is 56.8 Å². The Balaban J connectivity index is 1.87. The van der Waals surface area contributed by atoms with Gasteiger partial charge in [0.1, 0.15) is 24.0 Å². The van der Waals surface area contributed by atoms with Crippen molar-refractivity contribution in [2.24, 2.45) is 5.41 Å². The number of ether oxygens (including phenoxy) is 5. The van der Waals surface area contributed by atoms with Crippen LogP contribution in [0.3, 0.4) is 0 Å². The zero-order chi connectivity index (χ0) is 34.7. The summed E-state index contributed by atoms with van der Waals surface area (Å²) in [5, 5.41) is 30.5. The fourth-order valence-corrected chi connectivity index (χ4v) is 5.23. The number of carbonyl (C=O) groups is 4. The van der Waals surface area contributed by atoms with Gasteiger partial charge in [0.15, 0.2) is 18.1 Å². The maximum atomic E-state index is 13.8. The summed E-state index contributed by atoms with van der Waals surface area (Å²) in [5.74, 6) is -2.60. The molecule has 0 aliphatic carbocycles. The number of esters is 2. The number of benzene rings is 2. The van der Waals surface area contributed by atoms with E-state index in [2.05, 4.69) is 6.58 Å². The minimum atomic E-state index is -1.58. The number of hydrogen-bond acceptors (Lipinski definition) is 11. The molecule has 3 rings (SSSR count). The van der Waals surface area contributed by atoms with Crippen LogP contribution in [0.4, 0.5) is 0 Å². The number of aliphatic hydroxyl groups is 1. The van der Waals surface area contributed by atoms with Crippen molar-refractivity contribution in [3.8, 4) is 23.0 Å². The van der Waals surface area contributed by atoms with Crippen LogP contribution in [-0.2, 0) is 35.1 Å². The van der Waals surface area contributed by atoms with E-state index in [0.717, 1.165) is 6.08 Å². The fraction of sp³-hybridized carbons (Fsp3) is 0.471. The van der Waals surface area contributed by atoms with Gasteiger partial charge in [-0.1, -0.05) is 32.6 Å². The summed E-state index contributed by atoms with van der Waals surface area (Å²) < 4.78 is 27.0. The van der Waals surface area contributed by atoms with Gasteiger partial charge in [0.05, 0.1) is 20.8 Å². The monoisotopic (exact) mass is 657 g/mol. The molecule has 256 valence electrons. The number of carboxylic acid groups (broad SMARTS) is 1. The average Bonchev–Trinajstić information content (AvgIpc) is 3.07. The summed E-state index contributed by atoms with van der Waals surface area (Å²) in [4.78, 5) is 51.3. The number of phenols is 1. The van der Waals surface area contributed by atoms with E-state index in [1.165, 1.54) is 25.2 Å². The highest BCUT2D eigenvalue weighted by molar-refractivity contribution is 5.88. The van der Waals surface area contributed by atoms with E-state index in [1.807, 2.05) is 0 Å². The summed E-state index contributed by atoms with van der Waals surface area (Å²) in [5.41, 5.74) is 0.0206. The van der Waals surface area contributed by atoms with Crippen LogP contribution in [0, 0.1) is 5.41 Å². The van der Waals surface area contributed by atoms with Crippen LogP contribution < -0.4 is 14.2 Å². The van der Waals surface area contributed by atoms with Crippen molar-refractivity contribution >= 4 is 23.8 Å². The molecule has 1 fully saturated rings. The van der Waals surface area contributed by atoms with Gasteiger partial charge in [-0.25, -0.2) is 14.4 Å². The Morgan fingerprint density at radius 2 is 1.85 bits per heavy atom. The average molecular weight is 658 g/mol. The van der Waals surface area contributed by atoms with Gasteiger partial charge < -0.3 is 43.9 Å². The van der Waals surface area contributed by atoms with Crippen molar-refractivity contribution in [3.63, 3.8) is 0 Å². The number of aliphatic carboxylic acids is 1. The van der Waals surface area contributed by atoms with Crippen molar-refractivity contribution in [2.75, 3.05) is 34.0 Å². The normalized spacial score (nSPS) is 15.9. The van der Waals surface area contributed by atoms with E-state index in [4.69, 9.17) is 28.8 Å². The molecular formula is C34H43NO12. The van der Waals surface area contributed by atoms with Gasteiger partial charge in [0, 0.05) is 18.0 Å². The largest absolute Gasteiger partial charge is 0.504 e. The first-order valence-corrected chi connectivity index (χ1v) is 15.2. The number of likely N-dealkylation sites (tertiary alicyclic amines) is 1. The molecule has 0 aromatic heterocycles. The number of nitrogens with zero attached hydrogens (tertiary/aromatic N) is 1. The second-order valence-corrected chi connectivity index (χ2v) is 11.8. The molecule has 1 unspecified atom stereocenters. The van der Waals surface area contributed by atoms with Gasteiger partial charge in [-0.2, -0.15) is 0 Å². The van der Waals surface area contributed by atoms with Gasteiger partial charge in [0.25, 0.3) is 5.91 Å². The van der Waals surface area contributed by atoms with Gasteiger partial charge in [0.2, 0.25) is 5.75 Å². The van der Waals surface area contributed by atoms with E-state index >= 15 is 0 Å². The SMILES string of the molecule is C=CC(=O)OCC(C)(C)C(O)C(=O)N1CCCC[C@H]1C(=O)O[C@H](CCc1cc(O)c(OC)c(OC)c1)c1cccc(OCC(=O)O)c1. The minimum Gasteiger partial charge on any atom is -0.504 e. The zero-order valence-electron chi connectivity index (χ0n) is 27.1. The predicted molar refractivity (Wildman–Crippen MR) is 168 cm³/mol. The van der Waals surface area contributed by atoms with Gasteiger partial charge in [-0.3, -0.25) is 4.79 Å².